The van der Waals surface area contributed by atoms with Crippen LogP contribution < -0.4 is 4.74 Å². The van der Waals surface area contributed by atoms with Gasteiger partial charge >= 0.3 is 12.3 Å². The third-order valence-corrected chi connectivity index (χ3v) is 5.87. The van der Waals surface area contributed by atoms with Crippen molar-refractivity contribution in [3.05, 3.63) is 64.5 Å². The Bertz CT molecular complexity index is 922. The summed E-state index contributed by atoms with van der Waals surface area (Å²) in [7, 11) is 0. The summed E-state index contributed by atoms with van der Waals surface area (Å²) in [5.74, 6) is -5.20. The average molecular weight is 466 g/mol. The fraction of sp³-hybridized carbons (Fsp3) is 0.478. The van der Waals surface area contributed by atoms with E-state index in [1.807, 2.05) is 0 Å². The lowest BCUT2D eigenvalue weighted by atomic mass is 9.80. The van der Waals surface area contributed by atoms with Crippen LogP contribution in [0.15, 0.2) is 30.3 Å². The van der Waals surface area contributed by atoms with Gasteiger partial charge in [0.15, 0.2) is 11.6 Å². The molecule has 0 bridgehead atoms. The Hall–Kier alpha value is -2.32. The smallest absolute Gasteiger partial charge is 0.426 e. The minimum Gasteiger partial charge on any atom is -0.426 e. The van der Waals surface area contributed by atoms with Crippen molar-refractivity contribution in [1.29, 1.82) is 0 Å². The van der Waals surface area contributed by atoms with Crippen molar-refractivity contribution in [2.24, 2.45) is 11.8 Å². The van der Waals surface area contributed by atoms with Gasteiger partial charge in [0, 0.05) is 0 Å². The molecule has 1 saturated carbocycles. The van der Waals surface area contributed by atoms with Crippen LogP contribution in [-0.2, 0) is 18.7 Å². The van der Waals surface area contributed by atoms with E-state index in [2.05, 4.69) is 11.7 Å². The van der Waals surface area contributed by atoms with Gasteiger partial charge in [-0.05, 0) is 54.5 Å². The maximum atomic E-state index is 14.3. The van der Waals surface area contributed by atoms with E-state index in [0.29, 0.717) is 23.8 Å². The first-order valence-electron chi connectivity index (χ1n) is 10.3. The summed E-state index contributed by atoms with van der Waals surface area (Å²) >= 11 is 0. The SMILES string of the molecule is CC1CCC(CCc2ccc(OC(F)(F)c3cc(F)c(C(F)(F)F)c(F)c3)c(F)c2)CC1. The van der Waals surface area contributed by atoms with Crippen molar-refractivity contribution in [3.63, 3.8) is 0 Å². The lowest BCUT2D eigenvalue weighted by molar-refractivity contribution is -0.187. The number of aryl methyl sites for hydroxylation is 1. The maximum absolute atomic E-state index is 14.3. The number of halogens is 8. The predicted molar refractivity (Wildman–Crippen MR) is 102 cm³/mol. The zero-order chi connectivity index (χ0) is 23.7. The standard InChI is InChI=1S/C23H22F8O/c1-13-2-4-14(5-3-13)6-7-15-8-9-20(17(24)10-15)32-23(30,31)16-11-18(25)21(19(26)12-16)22(27,28)29/h8-14H,2-7H2,1H3. The maximum Gasteiger partial charge on any atom is 0.427 e. The van der Waals surface area contributed by atoms with Crippen LogP contribution in [-0.4, -0.2) is 0 Å². The number of hydrogen-bond donors (Lipinski definition) is 0. The van der Waals surface area contributed by atoms with E-state index in [1.165, 1.54) is 6.07 Å². The van der Waals surface area contributed by atoms with E-state index in [-0.39, 0.29) is 12.1 Å². The van der Waals surface area contributed by atoms with E-state index < -0.39 is 46.6 Å². The van der Waals surface area contributed by atoms with Crippen LogP contribution in [0.2, 0.25) is 0 Å². The Balaban J connectivity index is 1.71. The molecule has 0 spiro atoms. The van der Waals surface area contributed by atoms with Gasteiger partial charge in [-0.1, -0.05) is 38.7 Å². The van der Waals surface area contributed by atoms with Gasteiger partial charge in [0.2, 0.25) is 0 Å². The number of ether oxygens (including phenoxy) is 1. The summed E-state index contributed by atoms with van der Waals surface area (Å²) < 4.78 is 112. The molecule has 0 saturated heterocycles. The predicted octanol–water partition coefficient (Wildman–Crippen LogP) is 8.01. The molecule has 0 unspecified atom stereocenters. The number of benzene rings is 2. The quantitative estimate of drug-likeness (QED) is 0.392. The first-order chi connectivity index (χ1) is 14.9. The lowest BCUT2D eigenvalue weighted by Gasteiger charge is -2.26. The van der Waals surface area contributed by atoms with E-state index >= 15 is 0 Å². The summed E-state index contributed by atoms with van der Waals surface area (Å²) in [4.78, 5) is 0. The molecule has 0 heterocycles. The molecule has 0 N–H and O–H groups in total. The van der Waals surface area contributed by atoms with Gasteiger partial charge in [0.1, 0.15) is 17.2 Å². The molecule has 176 valence electrons. The molecule has 0 radical (unpaired) electrons. The zero-order valence-corrected chi connectivity index (χ0v) is 17.2. The molecule has 1 fully saturated rings. The molecule has 0 aromatic heterocycles. The molecule has 0 atom stereocenters. The Labute approximate surface area is 180 Å². The lowest BCUT2D eigenvalue weighted by Crippen LogP contribution is -2.24. The van der Waals surface area contributed by atoms with Gasteiger partial charge < -0.3 is 4.74 Å². The normalized spacial score (nSPS) is 19.8. The van der Waals surface area contributed by atoms with Crippen molar-refractivity contribution in [2.75, 3.05) is 0 Å². The average Bonchev–Trinajstić information content (AvgIpc) is 2.67. The van der Waals surface area contributed by atoms with E-state index in [1.54, 1.807) is 0 Å². The van der Waals surface area contributed by atoms with Gasteiger partial charge in [-0.3, -0.25) is 0 Å². The zero-order valence-electron chi connectivity index (χ0n) is 17.2. The highest BCUT2D eigenvalue weighted by atomic mass is 19.4. The number of alkyl halides is 5. The van der Waals surface area contributed by atoms with Gasteiger partial charge in [-0.25, -0.2) is 13.2 Å². The molecule has 0 amide bonds. The van der Waals surface area contributed by atoms with Crippen molar-refractivity contribution in [2.45, 2.75) is 57.7 Å². The topological polar surface area (TPSA) is 9.23 Å². The molecular formula is C23H22F8O. The van der Waals surface area contributed by atoms with Crippen molar-refractivity contribution < 1.29 is 39.9 Å². The number of rotatable bonds is 6. The second-order valence-corrected chi connectivity index (χ2v) is 8.36. The van der Waals surface area contributed by atoms with Crippen molar-refractivity contribution >= 4 is 0 Å². The molecule has 1 aliphatic carbocycles. The van der Waals surface area contributed by atoms with Gasteiger partial charge in [-0.2, -0.15) is 22.0 Å². The molecular weight excluding hydrogens is 444 g/mol. The van der Waals surface area contributed by atoms with Gasteiger partial charge in [0.25, 0.3) is 0 Å². The van der Waals surface area contributed by atoms with E-state index in [4.69, 9.17) is 0 Å². The van der Waals surface area contributed by atoms with Crippen LogP contribution >= 0.6 is 0 Å². The highest BCUT2D eigenvalue weighted by Gasteiger charge is 2.42. The first-order valence-corrected chi connectivity index (χ1v) is 10.3. The minimum atomic E-state index is -5.40. The van der Waals surface area contributed by atoms with Crippen LogP contribution in [0.4, 0.5) is 35.1 Å². The second kappa shape index (κ2) is 9.27. The van der Waals surface area contributed by atoms with E-state index in [0.717, 1.165) is 44.2 Å². The Morgan fingerprint density at radius 2 is 1.44 bits per heavy atom. The monoisotopic (exact) mass is 466 g/mol. The molecule has 3 rings (SSSR count). The third kappa shape index (κ3) is 5.72. The molecule has 9 heteroatoms. The Morgan fingerprint density at radius 3 is 1.97 bits per heavy atom. The second-order valence-electron chi connectivity index (χ2n) is 8.36. The number of hydrogen-bond acceptors (Lipinski definition) is 1. The summed E-state index contributed by atoms with van der Waals surface area (Å²) in [6.45, 7) is 2.20. The molecule has 1 aliphatic rings. The Morgan fingerprint density at radius 1 is 0.844 bits per heavy atom. The summed E-state index contributed by atoms with van der Waals surface area (Å²) in [5.41, 5.74) is -3.21. The fourth-order valence-electron chi connectivity index (χ4n) is 3.98. The summed E-state index contributed by atoms with van der Waals surface area (Å²) in [6.07, 6.45) is -3.99. The van der Waals surface area contributed by atoms with Gasteiger partial charge in [0.05, 0.1) is 5.56 Å². The summed E-state index contributed by atoms with van der Waals surface area (Å²) in [5, 5.41) is 0. The van der Waals surface area contributed by atoms with E-state index in [9.17, 15) is 35.1 Å². The molecule has 2 aromatic carbocycles. The van der Waals surface area contributed by atoms with Crippen molar-refractivity contribution in [1.82, 2.24) is 0 Å². The highest BCUT2D eigenvalue weighted by molar-refractivity contribution is 5.33. The molecule has 0 aliphatic heterocycles. The van der Waals surface area contributed by atoms with Crippen LogP contribution in [0.25, 0.3) is 0 Å². The van der Waals surface area contributed by atoms with Crippen LogP contribution in [0.1, 0.15) is 55.7 Å². The first kappa shape index (κ1) is 24.3. The van der Waals surface area contributed by atoms with Crippen molar-refractivity contribution in [3.8, 4) is 5.75 Å². The molecule has 32 heavy (non-hydrogen) atoms. The van der Waals surface area contributed by atoms with Gasteiger partial charge in [-0.15, -0.1) is 0 Å². The van der Waals surface area contributed by atoms with Crippen LogP contribution in [0.3, 0.4) is 0 Å². The van der Waals surface area contributed by atoms with Crippen LogP contribution in [0, 0.1) is 29.3 Å². The molecule has 1 nitrogen and oxygen atoms in total. The van der Waals surface area contributed by atoms with Crippen LogP contribution in [0.5, 0.6) is 5.75 Å². The third-order valence-electron chi connectivity index (χ3n) is 5.87. The summed E-state index contributed by atoms with van der Waals surface area (Å²) in [6, 6.07) is 3.07. The minimum absolute atomic E-state index is 0.177. The molecule has 2 aromatic rings. The fourth-order valence-corrected chi connectivity index (χ4v) is 3.98. The largest absolute Gasteiger partial charge is 0.427 e. The highest BCUT2D eigenvalue weighted by Crippen LogP contribution is 2.39. The Kier molecular flexibility index (Phi) is 7.05.